The molecule has 0 bridgehead atoms. The van der Waals surface area contributed by atoms with Crippen molar-refractivity contribution in [2.24, 2.45) is 11.8 Å². The third kappa shape index (κ3) is 4.08. The zero-order chi connectivity index (χ0) is 15.4. The van der Waals surface area contributed by atoms with E-state index in [1.165, 1.54) is 6.42 Å². The Morgan fingerprint density at radius 1 is 1.10 bits per heavy atom. The quantitative estimate of drug-likeness (QED) is 0.891. The van der Waals surface area contributed by atoms with Gasteiger partial charge in [-0.2, -0.15) is 4.98 Å². The Balaban J connectivity index is 2.20. The van der Waals surface area contributed by atoms with Crippen LogP contribution in [0.3, 0.4) is 0 Å². The molecule has 1 fully saturated rings. The van der Waals surface area contributed by atoms with Gasteiger partial charge in [-0.25, -0.2) is 4.98 Å². The molecule has 1 aliphatic carbocycles. The summed E-state index contributed by atoms with van der Waals surface area (Å²) < 4.78 is 6.27. The molecule has 0 aromatic carbocycles. The van der Waals surface area contributed by atoms with Gasteiger partial charge in [-0.1, -0.05) is 20.8 Å². The summed E-state index contributed by atoms with van der Waals surface area (Å²) in [5.74, 6) is 4.00. The Hall–Kier alpha value is -1.32. The van der Waals surface area contributed by atoms with Gasteiger partial charge in [-0.3, -0.25) is 0 Å². The fraction of sp³-hybridized carbons (Fsp3) is 0.765. The standard InChI is InChI=1S/C17H29N3O/c1-6-15-19-16(18-7-2)13(5)17(20-15)21-14-9-11(3)8-12(4)10-14/h11-12,14H,6-10H2,1-5H3,(H,18,19,20). The fourth-order valence-electron chi connectivity index (χ4n) is 3.28. The average molecular weight is 291 g/mol. The van der Waals surface area contributed by atoms with Crippen LogP contribution < -0.4 is 10.1 Å². The Labute approximate surface area is 128 Å². The van der Waals surface area contributed by atoms with Crippen molar-refractivity contribution in [1.29, 1.82) is 0 Å². The maximum absolute atomic E-state index is 6.27. The number of hydrogen-bond donors (Lipinski definition) is 1. The second kappa shape index (κ2) is 7.10. The number of hydrogen-bond acceptors (Lipinski definition) is 4. The van der Waals surface area contributed by atoms with Crippen LogP contribution in [0.2, 0.25) is 0 Å². The van der Waals surface area contributed by atoms with Crippen LogP contribution >= 0.6 is 0 Å². The lowest BCUT2D eigenvalue weighted by Crippen LogP contribution is -2.29. The number of nitrogens with zero attached hydrogens (tertiary/aromatic N) is 2. The number of anilines is 1. The van der Waals surface area contributed by atoms with Crippen LogP contribution in [0.15, 0.2) is 0 Å². The van der Waals surface area contributed by atoms with Gasteiger partial charge in [0.2, 0.25) is 5.88 Å². The number of ether oxygens (including phenoxy) is 1. The van der Waals surface area contributed by atoms with E-state index in [1.54, 1.807) is 0 Å². The molecule has 1 saturated carbocycles. The van der Waals surface area contributed by atoms with Crippen molar-refractivity contribution in [2.45, 2.75) is 66.4 Å². The fourth-order valence-corrected chi connectivity index (χ4v) is 3.28. The van der Waals surface area contributed by atoms with Gasteiger partial charge in [-0.15, -0.1) is 0 Å². The molecule has 0 radical (unpaired) electrons. The number of nitrogens with one attached hydrogen (secondary N) is 1. The summed E-state index contributed by atoms with van der Waals surface area (Å²) in [6.45, 7) is 11.7. The molecule has 2 unspecified atom stereocenters. The maximum Gasteiger partial charge on any atom is 0.222 e. The Kier molecular flexibility index (Phi) is 5.43. The first-order valence-corrected chi connectivity index (χ1v) is 8.31. The molecule has 2 atom stereocenters. The first-order chi connectivity index (χ1) is 10.0. The van der Waals surface area contributed by atoms with Gasteiger partial charge in [-0.05, 0) is 44.9 Å². The molecule has 4 heteroatoms. The van der Waals surface area contributed by atoms with E-state index in [1.807, 2.05) is 6.92 Å². The summed E-state index contributed by atoms with van der Waals surface area (Å²) >= 11 is 0. The molecule has 118 valence electrons. The molecule has 4 nitrogen and oxygen atoms in total. The minimum absolute atomic E-state index is 0.288. The van der Waals surface area contributed by atoms with Crippen LogP contribution in [-0.4, -0.2) is 22.6 Å². The predicted molar refractivity (Wildman–Crippen MR) is 86.9 cm³/mol. The van der Waals surface area contributed by atoms with Gasteiger partial charge in [0.15, 0.2) is 0 Å². The Bertz CT molecular complexity index is 465. The summed E-state index contributed by atoms with van der Waals surface area (Å²) in [5, 5.41) is 3.31. The molecular formula is C17H29N3O. The molecule has 1 aromatic rings. The van der Waals surface area contributed by atoms with Gasteiger partial charge in [0.05, 0.1) is 5.56 Å². The van der Waals surface area contributed by atoms with Crippen LogP contribution in [0.5, 0.6) is 5.88 Å². The Morgan fingerprint density at radius 3 is 2.33 bits per heavy atom. The van der Waals surface area contributed by atoms with E-state index in [0.29, 0.717) is 0 Å². The molecule has 1 aromatic heterocycles. The monoisotopic (exact) mass is 291 g/mol. The molecular weight excluding hydrogens is 262 g/mol. The van der Waals surface area contributed by atoms with Crippen LogP contribution in [0.25, 0.3) is 0 Å². The second-order valence-electron chi connectivity index (χ2n) is 6.46. The lowest BCUT2D eigenvalue weighted by molar-refractivity contribution is 0.0957. The van der Waals surface area contributed by atoms with Crippen molar-refractivity contribution >= 4 is 5.82 Å². The third-order valence-corrected chi connectivity index (χ3v) is 4.22. The van der Waals surface area contributed by atoms with Gasteiger partial charge in [0.25, 0.3) is 0 Å². The van der Waals surface area contributed by atoms with E-state index in [-0.39, 0.29) is 6.10 Å². The normalized spacial score (nSPS) is 25.7. The molecule has 1 aliphatic rings. The first-order valence-electron chi connectivity index (χ1n) is 8.31. The molecule has 0 aliphatic heterocycles. The topological polar surface area (TPSA) is 47.0 Å². The van der Waals surface area contributed by atoms with Crippen molar-refractivity contribution in [3.05, 3.63) is 11.4 Å². The largest absolute Gasteiger partial charge is 0.474 e. The minimum atomic E-state index is 0.288. The highest BCUT2D eigenvalue weighted by Gasteiger charge is 2.26. The zero-order valence-corrected chi connectivity index (χ0v) is 14.1. The molecule has 0 amide bonds. The van der Waals surface area contributed by atoms with Gasteiger partial charge in [0, 0.05) is 13.0 Å². The third-order valence-electron chi connectivity index (χ3n) is 4.22. The molecule has 2 rings (SSSR count). The Morgan fingerprint density at radius 2 is 1.76 bits per heavy atom. The summed E-state index contributed by atoms with van der Waals surface area (Å²) in [4.78, 5) is 9.17. The van der Waals surface area contributed by atoms with E-state index in [9.17, 15) is 0 Å². The van der Waals surface area contributed by atoms with Crippen molar-refractivity contribution in [3.63, 3.8) is 0 Å². The second-order valence-corrected chi connectivity index (χ2v) is 6.46. The van der Waals surface area contributed by atoms with Crippen LogP contribution in [0.4, 0.5) is 5.82 Å². The van der Waals surface area contributed by atoms with Crippen LogP contribution in [0.1, 0.15) is 58.3 Å². The van der Waals surface area contributed by atoms with Crippen LogP contribution in [0, 0.1) is 18.8 Å². The number of rotatable bonds is 5. The lowest BCUT2D eigenvalue weighted by atomic mass is 9.82. The minimum Gasteiger partial charge on any atom is -0.474 e. The highest BCUT2D eigenvalue weighted by molar-refractivity contribution is 5.48. The molecule has 0 saturated heterocycles. The zero-order valence-electron chi connectivity index (χ0n) is 14.1. The predicted octanol–water partition coefficient (Wildman–Crippen LogP) is 3.98. The molecule has 21 heavy (non-hydrogen) atoms. The summed E-state index contributed by atoms with van der Waals surface area (Å²) in [7, 11) is 0. The molecule has 0 spiro atoms. The average Bonchev–Trinajstić information content (AvgIpc) is 2.42. The van der Waals surface area contributed by atoms with Crippen LogP contribution in [-0.2, 0) is 6.42 Å². The van der Waals surface area contributed by atoms with E-state index < -0.39 is 0 Å². The molecule has 1 heterocycles. The van der Waals surface area contributed by atoms with Crippen molar-refractivity contribution in [2.75, 3.05) is 11.9 Å². The number of aromatic nitrogens is 2. The van der Waals surface area contributed by atoms with Gasteiger partial charge < -0.3 is 10.1 Å². The summed E-state index contributed by atoms with van der Waals surface area (Å²) in [6.07, 6.45) is 4.69. The summed E-state index contributed by atoms with van der Waals surface area (Å²) in [6, 6.07) is 0. The highest BCUT2D eigenvalue weighted by Crippen LogP contribution is 2.32. The molecule has 1 N–H and O–H groups in total. The van der Waals surface area contributed by atoms with E-state index in [2.05, 4.69) is 43.0 Å². The van der Waals surface area contributed by atoms with E-state index in [0.717, 1.165) is 60.7 Å². The van der Waals surface area contributed by atoms with Crippen molar-refractivity contribution < 1.29 is 4.74 Å². The summed E-state index contributed by atoms with van der Waals surface area (Å²) in [5.41, 5.74) is 1.03. The lowest BCUT2D eigenvalue weighted by Gasteiger charge is -2.31. The maximum atomic E-state index is 6.27. The van der Waals surface area contributed by atoms with Crippen molar-refractivity contribution in [3.8, 4) is 5.88 Å². The SMILES string of the molecule is CCNc1nc(CC)nc(OC2CC(C)CC(C)C2)c1C. The smallest absolute Gasteiger partial charge is 0.222 e. The number of aryl methyl sites for hydroxylation is 1. The van der Waals surface area contributed by atoms with E-state index in [4.69, 9.17) is 4.74 Å². The van der Waals surface area contributed by atoms with Crippen molar-refractivity contribution in [1.82, 2.24) is 9.97 Å². The van der Waals surface area contributed by atoms with Gasteiger partial charge in [0.1, 0.15) is 17.7 Å². The highest BCUT2D eigenvalue weighted by atomic mass is 16.5. The first kappa shape index (κ1) is 16.1. The van der Waals surface area contributed by atoms with E-state index >= 15 is 0 Å². The van der Waals surface area contributed by atoms with Gasteiger partial charge >= 0.3 is 0 Å².